The molecular formula is C17H18N4OS. The number of aromatic nitrogens is 2. The summed E-state index contributed by atoms with van der Waals surface area (Å²) in [4.78, 5) is 18.4. The van der Waals surface area contributed by atoms with Crippen molar-refractivity contribution < 1.29 is 4.79 Å². The highest BCUT2D eigenvalue weighted by Crippen LogP contribution is 2.20. The highest BCUT2D eigenvalue weighted by molar-refractivity contribution is 7.17. The van der Waals surface area contributed by atoms with Crippen LogP contribution in [0.4, 0.5) is 11.4 Å². The van der Waals surface area contributed by atoms with Gasteiger partial charge in [0.2, 0.25) is 5.91 Å². The lowest BCUT2D eigenvalue weighted by Crippen LogP contribution is -2.09. The highest BCUT2D eigenvalue weighted by Gasteiger charge is 2.05. The van der Waals surface area contributed by atoms with Gasteiger partial charge >= 0.3 is 0 Å². The van der Waals surface area contributed by atoms with Crippen molar-refractivity contribution >= 4 is 39.7 Å². The maximum atomic E-state index is 12.0. The second kappa shape index (κ2) is 6.66. The molecule has 0 atom stereocenters. The van der Waals surface area contributed by atoms with Gasteiger partial charge in [-0.05, 0) is 24.6 Å². The Morgan fingerprint density at radius 3 is 2.96 bits per heavy atom. The van der Waals surface area contributed by atoms with Crippen LogP contribution in [-0.2, 0) is 11.2 Å². The van der Waals surface area contributed by atoms with E-state index in [9.17, 15) is 4.79 Å². The van der Waals surface area contributed by atoms with Gasteiger partial charge in [0.05, 0.1) is 17.1 Å². The van der Waals surface area contributed by atoms with E-state index in [2.05, 4.69) is 17.2 Å². The number of imidazole rings is 1. The summed E-state index contributed by atoms with van der Waals surface area (Å²) in [6, 6.07) is 7.18. The molecule has 0 fully saturated rings. The number of rotatable bonds is 5. The number of nitrogens with two attached hydrogens (primary N) is 1. The van der Waals surface area contributed by atoms with E-state index in [1.165, 1.54) is 6.08 Å². The predicted molar refractivity (Wildman–Crippen MR) is 95.6 cm³/mol. The first-order valence-electron chi connectivity index (χ1n) is 7.46. The van der Waals surface area contributed by atoms with E-state index in [0.29, 0.717) is 11.4 Å². The Morgan fingerprint density at radius 2 is 2.22 bits per heavy atom. The average Bonchev–Trinajstić information content (AvgIpc) is 3.06. The topological polar surface area (TPSA) is 72.4 Å². The molecule has 0 saturated heterocycles. The normalized spacial score (nSPS) is 11.3. The standard InChI is InChI=1S/C17H18N4OS/c1-2-5-12-10-21-11-13(23-17(21)19-12)8-9-16(22)20-15-7-4-3-6-14(15)18/h3-4,6-11H,2,5,18H2,1H3,(H,20,22)/b9-8+. The van der Waals surface area contributed by atoms with Gasteiger partial charge < -0.3 is 11.1 Å². The van der Waals surface area contributed by atoms with Crippen LogP contribution >= 0.6 is 11.3 Å². The number of aryl methyl sites for hydroxylation is 1. The zero-order valence-corrected chi connectivity index (χ0v) is 13.6. The third-order valence-electron chi connectivity index (χ3n) is 3.35. The first-order chi connectivity index (χ1) is 11.2. The molecule has 0 bridgehead atoms. The summed E-state index contributed by atoms with van der Waals surface area (Å²) in [5, 5.41) is 2.77. The molecule has 23 heavy (non-hydrogen) atoms. The number of amides is 1. The molecule has 5 nitrogen and oxygen atoms in total. The summed E-state index contributed by atoms with van der Waals surface area (Å²) in [7, 11) is 0. The Kier molecular flexibility index (Phi) is 4.43. The van der Waals surface area contributed by atoms with E-state index in [0.717, 1.165) is 28.4 Å². The number of nitrogens with zero attached hydrogens (tertiary/aromatic N) is 2. The fourth-order valence-corrected chi connectivity index (χ4v) is 3.15. The lowest BCUT2D eigenvalue weighted by Gasteiger charge is -2.04. The number of benzene rings is 1. The molecule has 1 amide bonds. The number of fused-ring (bicyclic) bond motifs is 1. The van der Waals surface area contributed by atoms with Gasteiger partial charge in [0, 0.05) is 23.3 Å². The molecule has 0 unspecified atom stereocenters. The van der Waals surface area contributed by atoms with E-state index in [1.807, 2.05) is 28.9 Å². The summed E-state index contributed by atoms with van der Waals surface area (Å²) in [6.07, 6.45) is 9.38. The molecular weight excluding hydrogens is 308 g/mol. The van der Waals surface area contributed by atoms with Crippen LogP contribution in [0.2, 0.25) is 0 Å². The molecule has 0 spiro atoms. The number of thiazole rings is 1. The Hall–Kier alpha value is -2.60. The largest absolute Gasteiger partial charge is 0.397 e. The number of carbonyl (C=O) groups excluding carboxylic acids is 1. The zero-order valence-electron chi connectivity index (χ0n) is 12.8. The minimum atomic E-state index is -0.208. The molecule has 0 aliphatic rings. The molecule has 3 N–H and O–H groups in total. The smallest absolute Gasteiger partial charge is 0.248 e. The van der Waals surface area contributed by atoms with Crippen LogP contribution in [-0.4, -0.2) is 15.3 Å². The average molecular weight is 326 g/mol. The Morgan fingerprint density at radius 1 is 1.39 bits per heavy atom. The van der Waals surface area contributed by atoms with Gasteiger partial charge in [0.25, 0.3) is 0 Å². The third kappa shape index (κ3) is 3.60. The summed E-state index contributed by atoms with van der Waals surface area (Å²) in [6.45, 7) is 2.14. The number of nitrogen functional groups attached to an aromatic ring is 1. The van der Waals surface area contributed by atoms with Gasteiger partial charge in [-0.25, -0.2) is 4.98 Å². The lowest BCUT2D eigenvalue weighted by atomic mass is 10.2. The van der Waals surface area contributed by atoms with Crippen molar-refractivity contribution in [2.45, 2.75) is 19.8 Å². The molecule has 3 rings (SSSR count). The number of hydrogen-bond donors (Lipinski definition) is 2. The maximum Gasteiger partial charge on any atom is 0.248 e. The summed E-state index contributed by atoms with van der Waals surface area (Å²) < 4.78 is 2.00. The van der Waals surface area contributed by atoms with Crippen LogP contribution in [0.3, 0.4) is 0 Å². The van der Waals surface area contributed by atoms with E-state index >= 15 is 0 Å². The quantitative estimate of drug-likeness (QED) is 0.556. The molecule has 1 aromatic carbocycles. The lowest BCUT2D eigenvalue weighted by molar-refractivity contribution is -0.111. The maximum absolute atomic E-state index is 12.0. The van der Waals surface area contributed by atoms with E-state index in [-0.39, 0.29) is 5.91 Å². The van der Waals surface area contributed by atoms with Crippen molar-refractivity contribution in [2.24, 2.45) is 0 Å². The van der Waals surface area contributed by atoms with Gasteiger partial charge in [0.15, 0.2) is 4.96 Å². The second-order valence-electron chi connectivity index (χ2n) is 5.22. The SMILES string of the molecule is CCCc1cn2cc(/C=C/C(=O)Nc3ccccc3N)sc2n1. The Bertz CT molecular complexity index is 831. The molecule has 2 heterocycles. The minimum absolute atomic E-state index is 0.208. The fraction of sp³-hybridized carbons (Fsp3) is 0.176. The van der Waals surface area contributed by atoms with Gasteiger partial charge in [-0.15, -0.1) is 0 Å². The number of hydrogen-bond acceptors (Lipinski definition) is 4. The van der Waals surface area contributed by atoms with Crippen LogP contribution < -0.4 is 11.1 Å². The number of anilines is 2. The number of carbonyl (C=O) groups is 1. The highest BCUT2D eigenvalue weighted by atomic mass is 32.1. The van der Waals surface area contributed by atoms with Crippen molar-refractivity contribution in [3.63, 3.8) is 0 Å². The zero-order chi connectivity index (χ0) is 16.2. The molecule has 118 valence electrons. The number of nitrogens with one attached hydrogen (secondary N) is 1. The van der Waals surface area contributed by atoms with Crippen molar-refractivity contribution in [2.75, 3.05) is 11.1 Å². The van der Waals surface area contributed by atoms with E-state index in [4.69, 9.17) is 5.73 Å². The van der Waals surface area contributed by atoms with Crippen molar-refractivity contribution in [3.8, 4) is 0 Å². The predicted octanol–water partition coefficient (Wildman–Crippen LogP) is 3.58. The summed E-state index contributed by atoms with van der Waals surface area (Å²) in [5.74, 6) is -0.208. The molecule has 2 aromatic heterocycles. The van der Waals surface area contributed by atoms with Crippen LogP contribution in [0.5, 0.6) is 0 Å². The molecule has 0 aliphatic carbocycles. The molecule has 6 heteroatoms. The van der Waals surface area contributed by atoms with Crippen molar-refractivity contribution in [3.05, 3.63) is 53.3 Å². The molecule has 3 aromatic rings. The van der Waals surface area contributed by atoms with Crippen LogP contribution in [0.15, 0.2) is 42.7 Å². The van der Waals surface area contributed by atoms with Crippen molar-refractivity contribution in [1.29, 1.82) is 0 Å². The van der Waals surface area contributed by atoms with Crippen LogP contribution in [0.1, 0.15) is 23.9 Å². The van der Waals surface area contributed by atoms with Gasteiger partial charge in [0.1, 0.15) is 0 Å². The molecule has 0 aliphatic heterocycles. The Labute approximate surface area is 138 Å². The molecule has 0 radical (unpaired) electrons. The van der Waals surface area contributed by atoms with Gasteiger partial charge in [-0.1, -0.05) is 36.8 Å². The minimum Gasteiger partial charge on any atom is -0.397 e. The monoisotopic (exact) mass is 326 g/mol. The first kappa shape index (κ1) is 15.3. The fourth-order valence-electron chi connectivity index (χ4n) is 2.26. The van der Waals surface area contributed by atoms with Crippen LogP contribution in [0.25, 0.3) is 11.0 Å². The van der Waals surface area contributed by atoms with E-state index in [1.54, 1.807) is 29.5 Å². The Balaban J connectivity index is 1.68. The summed E-state index contributed by atoms with van der Waals surface area (Å²) in [5.41, 5.74) is 8.07. The van der Waals surface area contributed by atoms with Gasteiger partial charge in [-0.2, -0.15) is 0 Å². The van der Waals surface area contributed by atoms with Crippen LogP contribution in [0, 0.1) is 0 Å². The van der Waals surface area contributed by atoms with E-state index < -0.39 is 0 Å². The summed E-state index contributed by atoms with van der Waals surface area (Å²) >= 11 is 1.56. The molecule has 0 saturated carbocycles. The van der Waals surface area contributed by atoms with Crippen molar-refractivity contribution in [1.82, 2.24) is 9.38 Å². The number of para-hydroxylation sites is 2. The first-order valence-corrected chi connectivity index (χ1v) is 8.28. The second-order valence-corrected chi connectivity index (χ2v) is 6.26. The van der Waals surface area contributed by atoms with Gasteiger partial charge in [-0.3, -0.25) is 9.20 Å². The third-order valence-corrected chi connectivity index (χ3v) is 4.31.